The van der Waals surface area contributed by atoms with Gasteiger partial charge in [-0.2, -0.15) is 0 Å². The number of nitrogens with one attached hydrogen (secondary N) is 4. The highest BCUT2D eigenvalue weighted by Crippen LogP contribution is 2.37. The molecule has 4 saturated carbocycles. The van der Waals surface area contributed by atoms with Crippen molar-refractivity contribution in [3.8, 4) is 0 Å². The molecule has 8 heteroatoms. The first-order valence-electron chi connectivity index (χ1n) is 18.3. The van der Waals surface area contributed by atoms with Gasteiger partial charge in [-0.1, -0.05) is 86.0 Å². The van der Waals surface area contributed by atoms with E-state index in [-0.39, 0.29) is 54.2 Å². The molecule has 0 heterocycles. The lowest BCUT2D eigenvalue weighted by Crippen LogP contribution is -2.69. The predicted molar refractivity (Wildman–Crippen MR) is 174 cm³/mol. The first kappa shape index (κ1) is 34.7. The first-order valence-corrected chi connectivity index (χ1v) is 18.3. The zero-order chi connectivity index (χ0) is 31.9. The van der Waals surface area contributed by atoms with Crippen LogP contribution in [0.2, 0.25) is 0 Å². The van der Waals surface area contributed by atoms with Gasteiger partial charge in [0.15, 0.2) is 0 Å². The zero-order valence-corrected chi connectivity index (χ0v) is 28.3. The van der Waals surface area contributed by atoms with Crippen molar-refractivity contribution < 1.29 is 19.2 Å². The van der Waals surface area contributed by atoms with Crippen LogP contribution in [0.4, 0.5) is 0 Å². The highest BCUT2D eigenvalue weighted by Gasteiger charge is 2.61. The average molecular weight is 615 g/mol. The largest absolute Gasteiger partial charge is 0.353 e. The van der Waals surface area contributed by atoms with Crippen molar-refractivity contribution in [2.45, 2.75) is 168 Å². The van der Waals surface area contributed by atoms with Gasteiger partial charge >= 0.3 is 0 Å². The summed E-state index contributed by atoms with van der Waals surface area (Å²) in [6.45, 7) is 10.4. The number of hydrogen-bond acceptors (Lipinski definition) is 4. The van der Waals surface area contributed by atoms with Crippen LogP contribution in [0.3, 0.4) is 0 Å². The third-order valence-corrected chi connectivity index (χ3v) is 12.0. The maximum Gasteiger partial charge on any atom is 0.246 e. The van der Waals surface area contributed by atoms with Crippen LogP contribution in [0.1, 0.15) is 144 Å². The van der Waals surface area contributed by atoms with Gasteiger partial charge in [-0.25, -0.2) is 0 Å². The molecule has 4 aliphatic carbocycles. The average Bonchev–Trinajstić information content (AvgIpc) is 3.00. The summed E-state index contributed by atoms with van der Waals surface area (Å²) in [7, 11) is 0. The molecule has 0 bridgehead atoms. The smallest absolute Gasteiger partial charge is 0.246 e. The van der Waals surface area contributed by atoms with E-state index in [1.165, 1.54) is 0 Å². The Bertz CT molecular complexity index is 912. The molecule has 8 nitrogen and oxygen atoms in total. The SMILES string of the molecule is CCC(C(=O)NC1CCCCC1C)C(C(=O)NC1CCCCC1C)(C(=O)NC1CCCCC1C)C(=O)NC1CCCCC1C. The van der Waals surface area contributed by atoms with Crippen molar-refractivity contribution in [2.24, 2.45) is 35.0 Å². The molecule has 4 rings (SSSR count). The lowest BCUT2D eigenvalue weighted by atomic mass is 9.69. The molecule has 9 unspecified atom stereocenters. The molecule has 0 aliphatic heterocycles. The Morgan fingerprint density at radius 2 is 0.773 bits per heavy atom. The van der Waals surface area contributed by atoms with E-state index in [2.05, 4.69) is 49.0 Å². The molecular formula is C36H62N4O4. The zero-order valence-electron chi connectivity index (χ0n) is 28.3. The predicted octanol–water partition coefficient (Wildman–Crippen LogP) is 5.78. The number of carbonyl (C=O) groups excluding carboxylic acids is 4. The topological polar surface area (TPSA) is 116 Å². The van der Waals surface area contributed by atoms with E-state index in [4.69, 9.17) is 0 Å². The summed E-state index contributed by atoms with van der Waals surface area (Å²) >= 11 is 0. The fourth-order valence-corrected chi connectivity index (χ4v) is 8.73. The Morgan fingerprint density at radius 1 is 0.500 bits per heavy atom. The molecule has 0 aromatic rings. The Labute approximate surface area is 266 Å². The van der Waals surface area contributed by atoms with E-state index < -0.39 is 29.1 Å². The van der Waals surface area contributed by atoms with E-state index in [1.54, 1.807) is 0 Å². The van der Waals surface area contributed by atoms with E-state index >= 15 is 0 Å². The van der Waals surface area contributed by atoms with Crippen LogP contribution in [0.25, 0.3) is 0 Å². The van der Waals surface area contributed by atoms with Crippen LogP contribution in [-0.4, -0.2) is 47.8 Å². The van der Waals surface area contributed by atoms with E-state index in [0.717, 1.165) is 103 Å². The standard InChI is InChI=1S/C36H62N4O4/c1-6-27(32(41)37-28-19-11-7-15-23(28)2)36(33(42)38-29-20-12-8-16-24(29)3,34(43)39-30-21-13-9-17-25(30)4)35(44)40-31-22-14-10-18-26(31)5/h23-31H,6-22H2,1-5H3,(H,37,41)(H,38,42)(H,39,43)(H,40,44). The lowest BCUT2D eigenvalue weighted by Gasteiger charge is -2.42. The van der Waals surface area contributed by atoms with Crippen molar-refractivity contribution in [3.63, 3.8) is 0 Å². The van der Waals surface area contributed by atoms with E-state index in [9.17, 15) is 19.2 Å². The van der Waals surface area contributed by atoms with Gasteiger partial charge in [-0.3, -0.25) is 19.2 Å². The van der Waals surface area contributed by atoms with Gasteiger partial charge in [0.25, 0.3) is 0 Å². The second-order valence-electron chi connectivity index (χ2n) is 15.2. The quantitative estimate of drug-likeness (QED) is 0.234. The summed E-state index contributed by atoms with van der Waals surface area (Å²) in [6.07, 6.45) is 16.0. The minimum absolute atomic E-state index is 0.0210. The molecule has 9 atom stereocenters. The third-order valence-electron chi connectivity index (χ3n) is 12.0. The second kappa shape index (κ2) is 15.9. The van der Waals surface area contributed by atoms with Gasteiger partial charge in [0, 0.05) is 24.2 Å². The minimum Gasteiger partial charge on any atom is -0.353 e. The van der Waals surface area contributed by atoms with Crippen molar-refractivity contribution in [2.75, 3.05) is 0 Å². The van der Waals surface area contributed by atoms with Crippen molar-refractivity contribution in [3.05, 3.63) is 0 Å². The number of amides is 4. The summed E-state index contributed by atoms with van der Waals surface area (Å²) in [5.41, 5.74) is -2.19. The third kappa shape index (κ3) is 7.81. The van der Waals surface area contributed by atoms with Crippen molar-refractivity contribution in [1.82, 2.24) is 21.3 Å². The van der Waals surface area contributed by atoms with Crippen LogP contribution in [0, 0.1) is 35.0 Å². The summed E-state index contributed by atoms with van der Waals surface area (Å²) < 4.78 is 0. The number of hydrogen-bond donors (Lipinski definition) is 4. The van der Waals surface area contributed by atoms with Crippen LogP contribution in [-0.2, 0) is 19.2 Å². The highest BCUT2D eigenvalue weighted by atomic mass is 16.2. The number of carbonyl (C=O) groups is 4. The van der Waals surface area contributed by atoms with E-state index in [1.807, 2.05) is 6.92 Å². The normalized spacial score (nSPS) is 34.9. The van der Waals surface area contributed by atoms with Gasteiger partial charge < -0.3 is 21.3 Å². The van der Waals surface area contributed by atoms with E-state index in [0.29, 0.717) is 5.92 Å². The summed E-state index contributed by atoms with van der Waals surface area (Å²) in [5.74, 6) is -2.23. The monoisotopic (exact) mass is 614 g/mol. The van der Waals surface area contributed by atoms with Gasteiger partial charge in [0.05, 0.1) is 5.92 Å². The second-order valence-corrected chi connectivity index (χ2v) is 15.2. The van der Waals surface area contributed by atoms with Crippen molar-refractivity contribution in [1.29, 1.82) is 0 Å². The summed E-state index contributed by atoms with van der Waals surface area (Å²) in [4.78, 5) is 58.9. The maximum atomic E-state index is 14.9. The fourth-order valence-electron chi connectivity index (χ4n) is 8.73. The fraction of sp³-hybridized carbons (Fsp3) is 0.889. The first-order chi connectivity index (χ1) is 21.1. The highest BCUT2D eigenvalue weighted by molar-refractivity contribution is 6.25. The Hall–Kier alpha value is -2.12. The molecule has 0 radical (unpaired) electrons. The molecule has 4 amide bonds. The Balaban J connectivity index is 1.76. The maximum absolute atomic E-state index is 14.9. The molecule has 4 N–H and O–H groups in total. The molecular weight excluding hydrogens is 552 g/mol. The van der Waals surface area contributed by atoms with Crippen LogP contribution in [0.15, 0.2) is 0 Å². The van der Waals surface area contributed by atoms with Gasteiger partial charge in [0.2, 0.25) is 29.0 Å². The molecule has 4 aliphatic rings. The lowest BCUT2D eigenvalue weighted by molar-refractivity contribution is -0.162. The van der Waals surface area contributed by atoms with Crippen LogP contribution in [0.5, 0.6) is 0 Å². The molecule has 0 aromatic carbocycles. The molecule has 0 aromatic heterocycles. The van der Waals surface area contributed by atoms with Gasteiger partial charge in [0.1, 0.15) is 0 Å². The summed E-state index contributed by atoms with van der Waals surface area (Å²) in [6, 6.07) is -0.403. The van der Waals surface area contributed by atoms with Crippen molar-refractivity contribution >= 4 is 23.6 Å². The minimum atomic E-state index is -2.19. The molecule has 4 fully saturated rings. The molecule has 0 spiro atoms. The number of rotatable bonds is 10. The van der Waals surface area contributed by atoms with Crippen LogP contribution < -0.4 is 21.3 Å². The molecule has 250 valence electrons. The molecule has 44 heavy (non-hydrogen) atoms. The van der Waals surface area contributed by atoms with Gasteiger partial charge in [-0.15, -0.1) is 0 Å². The van der Waals surface area contributed by atoms with Gasteiger partial charge in [-0.05, 0) is 81.5 Å². The summed E-state index contributed by atoms with van der Waals surface area (Å²) in [5, 5.41) is 12.9. The Morgan fingerprint density at radius 3 is 1.05 bits per heavy atom. The van der Waals surface area contributed by atoms with Crippen LogP contribution >= 0.6 is 0 Å². The molecule has 0 saturated heterocycles. The Kier molecular flexibility index (Phi) is 12.6.